The van der Waals surface area contributed by atoms with Crippen LogP contribution in [0.4, 0.5) is 0 Å². The summed E-state index contributed by atoms with van der Waals surface area (Å²) in [6, 6.07) is 14.5. The van der Waals surface area contributed by atoms with Crippen LogP contribution in [0.2, 0.25) is 0 Å². The first-order valence-corrected chi connectivity index (χ1v) is 5.66. The standard InChI is InChI=1S/C14H17NO/c1-3-16-12(2)15-11-7-10-14(15)13-8-5-4-6-9-13/h4-12H,3H2,1-2H3/t12-/m1/s1. The first kappa shape index (κ1) is 11.0. The molecule has 0 bridgehead atoms. The van der Waals surface area contributed by atoms with E-state index in [0.29, 0.717) is 0 Å². The van der Waals surface area contributed by atoms with E-state index in [1.54, 1.807) is 0 Å². The fourth-order valence-electron chi connectivity index (χ4n) is 1.89. The molecule has 2 aromatic rings. The van der Waals surface area contributed by atoms with Gasteiger partial charge in [-0.25, -0.2) is 0 Å². The molecule has 0 radical (unpaired) electrons. The van der Waals surface area contributed by atoms with Crippen LogP contribution < -0.4 is 0 Å². The molecule has 16 heavy (non-hydrogen) atoms. The van der Waals surface area contributed by atoms with Crippen LogP contribution in [0.25, 0.3) is 11.3 Å². The molecule has 0 aliphatic rings. The van der Waals surface area contributed by atoms with Gasteiger partial charge in [-0.05, 0) is 31.5 Å². The van der Waals surface area contributed by atoms with E-state index < -0.39 is 0 Å². The van der Waals surface area contributed by atoms with Gasteiger partial charge in [0.1, 0.15) is 6.23 Å². The molecule has 2 heteroatoms. The summed E-state index contributed by atoms with van der Waals surface area (Å²) < 4.78 is 7.76. The zero-order valence-corrected chi connectivity index (χ0v) is 9.76. The van der Waals surface area contributed by atoms with Crippen molar-refractivity contribution in [2.24, 2.45) is 0 Å². The molecule has 0 fully saturated rings. The highest BCUT2D eigenvalue weighted by Gasteiger charge is 2.08. The molecule has 0 unspecified atom stereocenters. The van der Waals surface area contributed by atoms with Crippen LogP contribution in [0.3, 0.4) is 0 Å². The van der Waals surface area contributed by atoms with Crippen molar-refractivity contribution in [3.63, 3.8) is 0 Å². The molecule has 1 aromatic carbocycles. The molecule has 1 heterocycles. The molecule has 0 N–H and O–H groups in total. The summed E-state index contributed by atoms with van der Waals surface area (Å²) in [4.78, 5) is 0. The maximum atomic E-state index is 5.61. The Hall–Kier alpha value is -1.54. The summed E-state index contributed by atoms with van der Waals surface area (Å²) in [7, 11) is 0. The van der Waals surface area contributed by atoms with Crippen LogP contribution in [0.15, 0.2) is 48.7 Å². The van der Waals surface area contributed by atoms with Crippen molar-refractivity contribution >= 4 is 0 Å². The SMILES string of the molecule is CCO[C@H](C)n1cccc1-c1ccccc1. The highest BCUT2D eigenvalue weighted by Crippen LogP contribution is 2.23. The number of aromatic nitrogens is 1. The monoisotopic (exact) mass is 215 g/mol. The minimum atomic E-state index is 0.0789. The van der Waals surface area contributed by atoms with Crippen LogP contribution in [0.5, 0.6) is 0 Å². The zero-order chi connectivity index (χ0) is 11.4. The van der Waals surface area contributed by atoms with Gasteiger partial charge >= 0.3 is 0 Å². The molecule has 0 spiro atoms. The zero-order valence-electron chi connectivity index (χ0n) is 9.76. The lowest BCUT2D eigenvalue weighted by Crippen LogP contribution is -2.09. The van der Waals surface area contributed by atoms with Crippen molar-refractivity contribution in [1.29, 1.82) is 0 Å². The number of benzene rings is 1. The van der Waals surface area contributed by atoms with Crippen molar-refractivity contribution in [3.05, 3.63) is 48.7 Å². The molecule has 0 saturated heterocycles. The number of hydrogen-bond donors (Lipinski definition) is 0. The van der Waals surface area contributed by atoms with Crippen LogP contribution in [0.1, 0.15) is 20.1 Å². The molecule has 1 atom stereocenters. The Morgan fingerprint density at radius 1 is 1.12 bits per heavy atom. The maximum absolute atomic E-state index is 5.61. The fraction of sp³-hybridized carbons (Fsp3) is 0.286. The van der Waals surface area contributed by atoms with Gasteiger partial charge < -0.3 is 9.30 Å². The normalized spacial score (nSPS) is 12.6. The highest BCUT2D eigenvalue weighted by molar-refractivity contribution is 5.59. The topological polar surface area (TPSA) is 14.2 Å². The molecule has 1 aromatic heterocycles. The smallest absolute Gasteiger partial charge is 0.131 e. The summed E-state index contributed by atoms with van der Waals surface area (Å²) >= 11 is 0. The van der Waals surface area contributed by atoms with Gasteiger partial charge in [0.25, 0.3) is 0 Å². The van der Waals surface area contributed by atoms with Crippen molar-refractivity contribution in [3.8, 4) is 11.3 Å². The lowest BCUT2D eigenvalue weighted by molar-refractivity contribution is 0.0262. The van der Waals surface area contributed by atoms with Gasteiger partial charge in [-0.2, -0.15) is 0 Å². The van der Waals surface area contributed by atoms with Gasteiger partial charge in [-0.15, -0.1) is 0 Å². The van der Waals surface area contributed by atoms with Crippen molar-refractivity contribution < 1.29 is 4.74 Å². The first-order valence-electron chi connectivity index (χ1n) is 5.66. The quantitative estimate of drug-likeness (QED) is 0.758. The average Bonchev–Trinajstić information content (AvgIpc) is 2.79. The predicted molar refractivity (Wildman–Crippen MR) is 66.2 cm³/mol. The van der Waals surface area contributed by atoms with E-state index in [0.717, 1.165) is 6.61 Å². The third kappa shape index (κ3) is 2.17. The van der Waals surface area contributed by atoms with E-state index in [9.17, 15) is 0 Å². The van der Waals surface area contributed by atoms with E-state index in [2.05, 4.69) is 54.1 Å². The molecule has 0 saturated carbocycles. The summed E-state index contributed by atoms with van der Waals surface area (Å²) in [5.41, 5.74) is 2.42. The van der Waals surface area contributed by atoms with Gasteiger partial charge in [0.05, 0.1) is 5.69 Å². The lowest BCUT2D eigenvalue weighted by atomic mass is 10.1. The number of hydrogen-bond acceptors (Lipinski definition) is 1. The lowest BCUT2D eigenvalue weighted by Gasteiger charge is -2.17. The van der Waals surface area contributed by atoms with E-state index in [1.807, 2.05) is 13.0 Å². The first-order chi connectivity index (χ1) is 7.83. The fourth-order valence-corrected chi connectivity index (χ4v) is 1.89. The second-order valence-corrected chi connectivity index (χ2v) is 3.72. The average molecular weight is 215 g/mol. The molecule has 0 amide bonds. The van der Waals surface area contributed by atoms with E-state index in [-0.39, 0.29) is 6.23 Å². The van der Waals surface area contributed by atoms with Crippen LogP contribution in [-0.4, -0.2) is 11.2 Å². The third-order valence-electron chi connectivity index (χ3n) is 2.65. The Kier molecular flexibility index (Phi) is 3.42. The summed E-state index contributed by atoms with van der Waals surface area (Å²) in [5, 5.41) is 0. The molecular weight excluding hydrogens is 198 g/mol. The second-order valence-electron chi connectivity index (χ2n) is 3.72. The Bertz CT molecular complexity index is 433. The van der Waals surface area contributed by atoms with Crippen LogP contribution in [-0.2, 0) is 4.74 Å². The highest BCUT2D eigenvalue weighted by atomic mass is 16.5. The van der Waals surface area contributed by atoms with Crippen molar-refractivity contribution in [2.45, 2.75) is 20.1 Å². The third-order valence-corrected chi connectivity index (χ3v) is 2.65. The van der Waals surface area contributed by atoms with Crippen molar-refractivity contribution in [1.82, 2.24) is 4.57 Å². The Morgan fingerprint density at radius 3 is 2.56 bits per heavy atom. The van der Waals surface area contributed by atoms with Gasteiger partial charge in [0, 0.05) is 12.8 Å². The van der Waals surface area contributed by atoms with Gasteiger partial charge in [0.15, 0.2) is 0 Å². The van der Waals surface area contributed by atoms with Gasteiger partial charge in [-0.1, -0.05) is 30.3 Å². The minimum absolute atomic E-state index is 0.0789. The molecule has 0 aliphatic heterocycles. The van der Waals surface area contributed by atoms with E-state index in [1.165, 1.54) is 11.3 Å². The van der Waals surface area contributed by atoms with Gasteiger partial charge in [0.2, 0.25) is 0 Å². The Labute approximate surface area is 96.5 Å². The molecular formula is C14H17NO. The van der Waals surface area contributed by atoms with E-state index >= 15 is 0 Å². The number of ether oxygens (including phenoxy) is 1. The molecule has 84 valence electrons. The minimum Gasteiger partial charge on any atom is -0.359 e. The van der Waals surface area contributed by atoms with Gasteiger partial charge in [-0.3, -0.25) is 0 Å². The molecule has 2 rings (SSSR count). The second kappa shape index (κ2) is 4.99. The molecule has 2 nitrogen and oxygen atoms in total. The van der Waals surface area contributed by atoms with E-state index in [4.69, 9.17) is 4.74 Å². The number of nitrogens with zero attached hydrogens (tertiary/aromatic N) is 1. The van der Waals surface area contributed by atoms with Crippen LogP contribution >= 0.6 is 0 Å². The van der Waals surface area contributed by atoms with Crippen LogP contribution in [0, 0.1) is 0 Å². The Morgan fingerprint density at radius 2 is 1.88 bits per heavy atom. The molecule has 0 aliphatic carbocycles. The number of rotatable bonds is 4. The summed E-state index contributed by atoms with van der Waals surface area (Å²) in [6.45, 7) is 4.81. The maximum Gasteiger partial charge on any atom is 0.131 e. The predicted octanol–water partition coefficient (Wildman–Crippen LogP) is 3.71. The summed E-state index contributed by atoms with van der Waals surface area (Å²) in [6.07, 6.45) is 2.14. The Balaban J connectivity index is 2.33. The summed E-state index contributed by atoms with van der Waals surface area (Å²) in [5.74, 6) is 0. The van der Waals surface area contributed by atoms with Crippen molar-refractivity contribution in [2.75, 3.05) is 6.61 Å². The largest absolute Gasteiger partial charge is 0.359 e.